The third-order valence-electron chi connectivity index (χ3n) is 5.48. The van der Waals surface area contributed by atoms with E-state index in [-0.39, 0.29) is 11.9 Å². The largest absolute Gasteiger partial charge is 0.497 e. The summed E-state index contributed by atoms with van der Waals surface area (Å²) in [4.78, 5) is 19.4. The number of carbonyl (C=O) groups excluding carboxylic acids is 1. The maximum Gasteiger partial charge on any atom is 0.251 e. The highest BCUT2D eigenvalue weighted by Crippen LogP contribution is 2.27. The lowest BCUT2D eigenvalue weighted by molar-refractivity contribution is 0.0927. The molecular weight excluding hydrogens is 362 g/mol. The fraction of sp³-hybridized carbons (Fsp3) is 0.250. The quantitative estimate of drug-likeness (QED) is 0.702. The van der Waals surface area contributed by atoms with Gasteiger partial charge < -0.3 is 10.1 Å². The molecule has 1 aliphatic rings. The first-order valence-corrected chi connectivity index (χ1v) is 9.87. The molecule has 1 N–H and O–H groups in total. The van der Waals surface area contributed by atoms with Crippen LogP contribution >= 0.6 is 0 Å². The molecule has 5 heteroatoms. The number of benzene rings is 2. The van der Waals surface area contributed by atoms with Gasteiger partial charge in [-0.1, -0.05) is 30.3 Å². The topological polar surface area (TPSA) is 54.5 Å². The van der Waals surface area contributed by atoms with Crippen LogP contribution in [0.15, 0.2) is 73.1 Å². The molecule has 0 spiro atoms. The summed E-state index contributed by atoms with van der Waals surface area (Å²) < 4.78 is 5.17. The summed E-state index contributed by atoms with van der Waals surface area (Å²) in [5, 5.41) is 3.11. The number of pyridine rings is 1. The van der Waals surface area contributed by atoms with E-state index in [1.165, 1.54) is 11.1 Å². The molecule has 1 amide bonds. The fourth-order valence-corrected chi connectivity index (χ4v) is 3.85. The highest BCUT2D eigenvalue weighted by Gasteiger charge is 2.25. The van der Waals surface area contributed by atoms with E-state index in [1.54, 1.807) is 37.6 Å². The molecule has 1 atom stereocenters. The minimum absolute atomic E-state index is 0.0688. The van der Waals surface area contributed by atoms with Crippen LogP contribution in [0.25, 0.3) is 0 Å². The summed E-state index contributed by atoms with van der Waals surface area (Å²) in [7, 11) is 1.62. The van der Waals surface area contributed by atoms with Crippen LogP contribution in [0, 0.1) is 0 Å². The number of methoxy groups -OCH3 is 1. The number of hydrogen-bond acceptors (Lipinski definition) is 4. The first-order valence-electron chi connectivity index (χ1n) is 9.87. The average Bonchev–Trinajstić information content (AvgIpc) is 2.79. The van der Waals surface area contributed by atoms with Crippen molar-refractivity contribution in [1.82, 2.24) is 15.2 Å². The molecule has 5 nitrogen and oxygen atoms in total. The molecule has 0 saturated carbocycles. The Morgan fingerprint density at radius 3 is 2.62 bits per heavy atom. The number of ether oxygens (including phenoxy) is 1. The lowest BCUT2D eigenvalue weighted by atomic mass is 9.97. The van der Waals surface area contributed by atoms with E-state index in [0.717, 1.165) is 30.8 Å². The highest BCUT2D eigenvalue weighted by atomic mass is 16.5. The summed E-state index contributed by atoms with van der Waals surface area (Å²) in [6.07, 6.45) is 4.69. The Bertz CT molecular complexity index is 957. The van der Waals surface area contributed by atoms with Crippen LogP contribution in [0.4, 0.5) is 0 Å². The summed E-state index contributed by atoms with van der Waals surface area (Å²) in [6, 6.07) is 19.9. The number of hydrogen-bond donors (Lipinski definition) is 1. The maximum atomic E-state index is 12.7. The van der Waals surface area contributed by atoms with Gasteiger partial charge in [-0.15, -0.1) is 0 Å². The number of carbonyl (C=O) groups is 1. The Morgan fingerprint density at radius 2 is 1.90 bits per heavy atom. The molecule has 1 aliphatic heterocycles. The van der Waals surface area contributed by atoms with E-state index in [0.29, 0.717) is 12.1 Å². The molecule has 0 radical (unpaired) electrons. The molecule has 0 unspecified atom stereocenters. The molecule has 0 saturated heterocycles. The first kappa shape index (κ1) is 19.2. The minimum atomic E-state index is -0.0843. The number of aromatic nitrogens is 1. The van der Waals surface area contributed by atoms with Gasteiger partial charge in [-0.05, 0) is 53.4 Å². The number of fused-ring (bicyclic) bond motifs is 1. The SMILES string of the molecule is COc1ccc(C(=O)NC[C@H](c2cccnc2)N2CCc3ccccc3C2)cc1. The van der Waals surface area contributed by atoms with Crippen LogP contribution in [0.1, 0.15) is 33.1 Å². The van der Waals surface area contributed by atoms with Crippen molar-refractivity contribution in [3.05, 3.63) is 95.3 Å². The summed E-state index contributed by atoms with van der Waals surface area (Å²) in [6.45, 7) is 2.35. The van der Waals surface area contributed by atoms with E-state index in [1.807, 2.05) is 12.3 Å². The zero-order valence-corrected chi connectivity index (χ0v) is 16.5. The molecule has 148 valence electrons. The second-order valence-corrected chi connectivity index (χ2v) is 7.23. The van der Waals surface area contributed by atoms with Gasteiger partial charge >= 0.3 is 0 Å². The average molecular weight is 387 g/mol. The third-order valence-corrected chi connectivity index (χ3v) is 5.48. The molecular formula is C24H25N3O2. The highest BCUT2D eigenvalue weighted by molar-refractivity contribution is 5.94. The lowest BCUT2D eigenvalue weighted by Crippen LogP contribution is -2.40. The molecule has 2 heterocycles. The van der Waals surface area contributed by atoms with Gasteiger partial charge in [-0.3, -0.25) is 14.7 Å². The zero-order valence-electron chi connectivity index (χ0n) is 16.5. The van der Waals surface area contributed by atoms with Crippen LogP contribution in [-0.4, -0.2) is 36.0 Å². The molecule has 1 aromatic heterocycles. The van der Waals surface area contributed by atoms with Crippen LogP contribution < -0.4 is 10.1 Å². The Labute approximate surface area is 171 Å². The van der Waals surface area contributed by atoms with Crippen LogP contribution in [0.3, 0.4) is 0 Å². The van der Waals surface area contributed by atoms with Gasteiger partial charge in [0.25, 0.3) is 5.91 Å². The second-order valence-electron chi connectivity index (χ2n) is 7.23. The predicted molar refractivity (Wildman–Crippen MR) is 113 cm³/mol. The van der Waals surface area contributed by atoms with E-state index < -0.39 is 0 Å². The van der Waals surface area contributed by atoms with Gasteiger partial charge in [0.15, 0.2) is 0 Å². The van der Waals surface area contributed by atoms with Gasteiger partial charge in [0, 0.05) is 37.6 Å². The second kappa shape index (κ2) is 8.88. The van der Waals surface area contributed by atoms with Crippen molar-refractivity contribution >= 4 is 5.91 Å². The Kier molecular flexibility index (Phi) is 5.86. The monoisotopic (exact) mass is 387 g/mol. The Balaban J connectivity index is 1.50. The Hall–Kier alpha value is -3.18. The number of amides is 1. The number of nitrogens with zero attached hydrogens (tertiary/aromatic N) is 2. The van der Waals surface area contributed by atoms with Crippen molar-refractivity contribution in [3.63, 3.8) is 0 Å². The number of rotatable bonds is 6. The van der Waals surface area contributed by atoms with Crippen molar-refractivity contribution in [1.29, 1.82) is 0 Å². The van der Waals surface area contributed by atoms with Gasteiger partial charge in [0.05, 0.1) is 13.2 Å². The van der Waals surface area contributed by atoms with Crippen LogP contribution in [0.2, 0.25) is 0 Å². The van der Waals surface area contributed by atoms with E-state index >= 15 is 0 Å². The standard InChI is InChI=1S/C24H25N3O2/c1-29-22-10-8-19(9-11-22)24(28)26-16-23(20-7-4-13-25-15-20)27-14-12-18-5-2-3-6-21(18)17-27/h2-11,13,15,23H,12,14,16-17H2,1H3,(H,26,28)/t23-/m1/s1. The minimum Gasteiger partial charge on any atom is -0.497 e. The van der Waals surface area contributed by atoms with Gasteiger partial charge in [0.1, 0.15) is 5.75 Å². The maximum absolute atomic E-state index is 12.7. The zero-order chi connectivity index (χ0) is 20.1. The predicted octanol–water partition coefficient (Wildman–Crippen LogP) is 3.62. The van der Waals surface area contributed by atoms with Crippen molar-refractivity contribution in [3.8, 4) is 5.75 Å². The van der Waals surface area contributed by atoms with Gasteiger partial charge in [-0.2, -0.15) is 0 Å². The molecule has 3 aromatic rings. The third kappa shape index (κ3) is 4.46. The summed E-state index contributed by atoms with van der Waals surface area (Å²) >= 11 is 0. The molecule has 0 aliphatic carbocycles. The van der Waals surface area contributed by atoms with Crippen molar-refractivity contribution in [2.24, 2.45) is 0 Å². The van der Waals surface area contributed by atoms with Crippen molar-refractivity contribution in [2.45, 2.75) is 19.0 Å². The smallest absolute Gasteiger partial charge is 0.251 e. The number of nitrogens with one attached hydrogen (secondary N) is 1. The molecule has 0 fully saturated rings. The van der Waals surface area contributed by atoms with Crippen LogP contribution in [0.5, 0.6) is 5.75 Å². The van der Waals surface area contributed by atoms with Crippen molar-refractivity contribution in [2.75, 3.05) is 20.2 Å². The van der Waals surface area contributed by atoms with E-state index in [9.17, 15) is 4.79 Å². The fourth-order valence-electron chi connectivity index (χ4n) is 3.85. The lowest BCUT2D eigenvalue weighted by Gasteiger charge is -2.36. The Morgan fingerprint density at radius 1 is 1.10 bits per heavy atom. The van der Waals surface area contributed by atoms with Crippen molar-refractivity contribution < 1.29 is 9.53 Å². The normalized spacial score (nSPS) is 14.7. The van der Waals surface area contributed by atoms with Crippen LogP contribution in [-0.2, 0) is 13.0 Å². The first-order chi connectivity index (χ1) is 14.2. The summed E-state index contributed by atoms with van der Waals surface area (Å²) in [5.74, 6) is 0.653. The van der Waals surface area contributed by atoms with Gasteiger partial charge in [-0.25, -0.2) is 0 Å². The molecule has 2 aromatic carbocycles. The molecule has 4 rings (SSSR count). The van der Waals surface area contributed by atoms with E-state index in [2.05, 4.69) is 45.5 Å². The molecule has 29 heavy (non-hydrogen) atoms. The molecule has 0 bridgehead atoms. The van der Waals surface area contributed by atoms with E-state index in [4.69, 9.17) is 4.74 Å². The van der Waals surface area contributed by atoms with Gasteiger partial charge in [0.2, 0.25) is 0 Å². The summed E-state index contributed by atoms with van der Waals surface area (Å²) in [5.41, 5.74) is 4.51.